The molecule has 0 spiro atoms. The van der Waals surface area contributed by atoms with Crippen molar-refractivity contribution in [2.45, 2.75) is 37.7 Å². The second kappa shape index (κ2) is 10.7. The first-order chi connectivity index (χ1) is 16.0. The normalized spacial score (nSPS) is 13.5. The summed E-state index contributed by atoms with van der Waals surface area (Å²) in [4.78, 5) is 24.3. The quantitative estimate of drug-likeness (QED) is 0.507. The first-order valence-corrected chi connectivity index (χ1v) is 12.3. The lowest BCUT2D eigenvalue weighted by Gasteiger charge is -2.19. The topological polar surface area (TPSA) is 132 Å². The summed E-state index contributed by atoms with van der Waals surface area (Å²) in [5.41, 5.74) is 0.0175. The molecule has 0 saturated carbocycles. The second-order valence-electron chi connectivity index (χ2n) is 8.52. The summed E-state index contributed by atoms with van der Waals surface area (Å²) < 4.78 is 43.9. The van der Waals surface area contributed by atoms with Crippen molar-refractivity contribution >= 4 is 27.7 Å². The molecule has 10 nitrogen and oxygen atoms in total. The fourth-order valence-corrected chi connectivity index (χ4v) is 4.07. The molecule has 1 aliphatic heterocycles. The summed E-state index contributed by atoms with van der Waals surface area (Å²) in [5, 5.41) is 5.18. The molecule has 2 aromatic carbocycles. The fourth-order valence-electron chi connectivity index (χ4n) is 3.00. The van der Waals surface area contributed by atoms with Gasteiger partial charge in [0.1, 0.15) is 5.60 Å². The van der Waals surface area contributed by atoms with Crippen LogP contribution in [0, 0.1) is 0 Å². The molecule has 0 aliphatic carbocycles. The summed E-state index contributed by atoms with van der Waals surface area (Å²) in [6.45, 7) is 6.26. The third kappa shape index (κ3) is 7.35. The van der Waals surface area contributed by atoms with Gasteiger partial charge in [-0.15, -0.1) is 0 Å². The van der Waals surface area contributed by atoms with Crippen LogP contribution in [0.2, 0.25) is 0 Å². The van der Waals surface area contributed by atoms with Gasteiger partial charge in [0.05, 0.1) is 18.1 Å². The van der Waals surface area contributed by atoms with Crippen LogP contribution in [0.4, 0.5) is 10.5 Å². The number of nitrogens with one attached hydrogen (secondary N) is 3. The van der Waals surface area contributed by atoms with Gasteiger partial charge in [-0.1, -0.05) is 6.07 Å². The van der Waals surface area contributed by atoms with Crippen LogP contribution in [0.15, 0.2) is 47.4 Å². The van der Waals surface area contributed by atoms with Gasteiger partial charge in [0.25, 0.3) is 5.91 Å². The number of sulfonamides is 1. The van der Waals surface area contributed by atoms with Gasteiger partial charge in [-0.2, -0.15) is 0 Å². The molecule has 2 amide bonds. The molecular formula is C23H29N3O7S. The lowest BCUT2D eigenvalue weighted by Crippen LogP contribution is -2.37. The van der Waals surface area contributed by atoms with E-state index in [4.69, 9.17) is 14.2 Å². The number of hydrogen-bond acceptors (Lipinski definition) is 7. The molecule has 1 aliphatic rings. The molecule has 34 heavy (non-hydrogen) atoms. The van der Waals surface area contributed by atoms with Gasteiger partial charge >= 0.3 is 6.09 Å². The molecule has 0 unspecified atom stereocenters. The SMILES string of the molecule is CC(C)(C)OC(=O)NCCNS(=O)(=O)c1cccc(NC(=O)c2ccc3c(c2)OCCCO3)c1. The summed E-state index contributed by atoms with van der Waals surface area (Å²) in [6.07, 6.45) is 0.119. The number of alkyl carbamates (subject to hydrolysis) is 1. The van der Waals surface area contributed by atoms with Crippen LogP contribution < -0.4 is 24.8 Å². The molecule has 3 rings (SSSR count). The van der Waals surface area contributed by atoms with Crippen LogP contribution in [0.25, 0.3) is 0 Å². The number of amides is 2. The summed E-state index contributed by atoms with van der Waals surface area (Å²) >= 11 is 0. The molecule has 0 atom stereocenters. The van der Waals surface area contributed by atoms with Crippen LogP contribution in [0.1, 0.15) is 37.6 Å². The number of carbonyl (C=O) groups excluding carboxylic acids is 2. The molecule has 0 fully saturated rings. The molecule has 184 valence electrons. The average molecular weight is 492 g/mol. The van der Waals surface area contributed by atoms with Gasteiger partial charge in [-0.3, -0.25) is 4.79 Å². The number of fused-ring (bicyclic) bond motifs is 1. The van der Waals surface area contributed by atoms with E-state index in [0.717, 1.165) is 6.42 Å². The average Bonchev–Trinajstić information content (AvgIpc) is 3.00. The largest absolute Gasteiger partial charge is 0.490 e. The van der Waals surface area contributed by atoms with Crippen LogP contribution >= 0.6 is 0 Å². The molecule has 1 heterocycles. The third-order valence-electron chi connectivity index (χ3n) is 4.50. The number of ether oxygens (including phenoxy) is 3. The Morgan fingerprint density at radius 3 is 2.47 bits per heavy atom. The molecular weight excluding hydrogens is 462 g/mol. The third-order valence-corrected chi connectivity index (χ3v) is 5.96. The zero-order valence-electron chi connectivity index (χ0n) is 19.3. The molecule has 0 saturated heterocycles. The Balaban J connectivity index is 1.59. The van der Waals surface area contributed by atoms with E-state index in [1.165, 1.54) is 18.2 Å². The van der Waals surface area contributed by atoms with E-state index < -0.39 is 27.6 Å². The predicted molar refractivity (Wildman–Crippen MR) is 126 cm³/mol. The fraction of sp³-hybridized carbons (Fsp3) is 0.391. The van der Waals surface area contributed by atoms with E-state index in [-0.39, 0.29) is 18.0 Å². The predicted octanol–water partition coefficient (Wildman–Crippen LogP) is 2.90. The Kier molecular flexibility index (Phi) is 8.00. The van der Waals surface area contributed by atoms with E-state index >= 15 is 0 Å². The minimum absolute atomic E-state index is 0.0266. The molecule has 11 heteroatoms. The minimum atomic E-state index is -3.86. The van der Waals surface area contributed by atoms with Crippen molar-refractivity contribution in [2.75, 3.05) is 31.6 Å². The van der Waals surface area contributed by atoms with Crippen LogP contribution in [-0.4, -0.2) is 52.3 Å². The lowest BCUT2D eigenvalue weighted by molar-refractivity contribution is 0.0528. The molecule has 0 radical (unpaired) electrons. The van der Waals surface area contributed by atoms with Crippen molar-refractivity contribution in [1.82, 2.24) is 10.0 Å². The number of hydrogen-bond donors (Lipinski definition) is 3. The molecule has 3 N–H and O–H groups in total. The van der Waals surface area contributed by atoms with Gasteiger partial charge in [-0.05, 0) is 57.2 Å². The summed E-state index contributed by atoms with van der Waals surface area (Å²) in [7, 11) is -3.86. The highest BCUT2D eigenvalue weighted by Gasteiger charge is 2.18. The highest BCUT2D eigenvalue weighted by Crippen LogP contribution is 2.30. The van der Waals surface area contributed by atoms with Crippen molar-refractivity contribution in [3.63, 3.8) is 0 Å². The van der Waals surface area contributed by atoms with Crippen LogP contribution in [-0.2, 0) is 14.8 Å². The van der Waals surface area contributed by atoms with Crippen molar-refractivity contribution in [3.05, 3.63) is 48.0 Å². The Bertz CT molecular complexity index is 1140. The minimum Gasteiger partial charge on any atom is -0.490 e. The standard InChI is InChI=1S/C23H29N3O7S/c1-23(2,3)33-22(28)24-10-11-25-34(29,30)18-7-4-6-17(15-18)26-21(27)16-8-9-19-20(14-16)32-13-5-12-31-19/h4,6-9,14-15,25H,5,10-13H2,1-3H3,(H,24,28)(H,26,27). The van der Waals surface area contributed by atoms with E-state index in [9.17, 15) is 18.0 Å². The number of anilines is 1. The number of rotatable bonds is 7. The van der Waals surface area contributed by atoms with Gasteiger partial charge in [0, 0.05) is 30.8 Å². The van der Waals surface area contributed by atoms with Crippen LogP contribution in [0.3, 0.4) is 0 Å². The van der Waals surface area contributed by atoms with Gasteiger partial charge in [-0.25, -0.2) is 17.9 Å². The van der Waals surface area contributed by atoms with Gasteiger partial charge in [0.15, 0.2) is 11.5 Å². The highest BCUT2D eigenvalue weighted by atomic mass is 32.2. The summed E-state index contributed by atoms with van der Waals surface area (Å²) in [5.74, 6) is 0.653. The van der Waals surface area contributed by atoms with E-state index in [2.05, 4.69) is 15.4 Å². The van der Waals surface area contributed by atoms with Gasteiger partial charge in [0.2, 0.25) is 10.0 Å². The second-order valence-corrected chi connectivity index (χ2v) is 10.3. The maximum atomic E-state index is 12.7. The number of carbonyl (C=O) groups is 2. The van der Waals surface area contributed by atoms with Gasteiger partial charge < -0.3 is 24.8 Å². The van der Waals surface area contributed by atoms with E-state index in [1.807, 2.05) is 0 Å². The molecule has 0 bridgehead atoms. The molecule has 0 aromatic heterocycles. The zero-order valence-corrected chi connectivity index (χ0v) is 20.2. The first kappa shape index (κ1) is 25.3. The van der Waals surface area contributed by atoms with Crippen molar-refractivity contribution in [3.8, 4) is 11.5 Å². The van der Waals surface area contributed by atoms with Crippen LogP contribution in [0.5, 0.6) is 11.5 Å². The first-order valence-electron chi connectivity index (χ1n) is 10.8. The van der Waals surface area contributed by atoms with Crippen molar-refractivity contribution < 1.29 is 32.2 Å². The Hall–Kier alpha value is -3.31. The van der Waals surface area contributed by atoms with E-state index in [0.29, 0.717) is 36.0 Å². The zero-order chi connectivity index (χ0) is 24.8. The molecule has 2 aromatic rings. The monoisotopic (exact) mass is 491 g/mol. The Morgan fingerprint density at radius 1 is 1.00 bits per heavy atom. The highest BCUT2D eigenvalue weighted by molar-refractivity contribution is 7.89. The Labute approximate surface area is 199 Å². The maximum Gasteiger partial charge on any atom is 0.407 e. The van der Waals surface area contributed by atoms with Crippen molar-refractivity contribution in [1.29, 1.82) is 0 Å². The van der Waals surface area contributed by atoms with E-state index in [1.54, 1.807) is 45.0 Å². The Morgan fingerprint density at radius 2 is 1.74 bits per heavy atom. The summed E-state index contributed by atoms with van der Waals surface area (Å²) in [6, 6.07) is 10.8. The maximum absolute atomic E-state index is 12.7. The number of benzene rings is 2. The van der Waals surface area contributed by atoms with Crippen molar-refractivity contribution in [2.24, 2.45) is 0 Å². The smallest absolute Gasteiger partial charge is 0.407 e. The lowest BCUT2D eigenvalue weighted by atomic mass is 10.2.